The summed E-state index contributed by atoms with van der Waals surface area (Å²) in [6.45, 7) is 7.67. The lowest BCUT2D eigenvalue weighted by molar-refractivity contribution is -0.119. The normalized spacial score (nSPS) is 11.0. The summed E-state index contributed by atoms with van der Waals surface area (Å²) >= 11 is 0. The second-order valence-corrected chi connectivity index (χ2v) is 14.1. The molecule has 0 heterocycles. The molecule has 0 unspecified atom stereocenters. The molecule has 0 saturated heterocycles. The first-order valence-corrected chi connectivity index (χ1v) is 21.4. The van der Waals surface area contributed by atoms with E-state index in [2.05, 4.69) is 54.6 Å². The van der Waals surface area contributed by atoms with Gasteiger partial charge in [-0.2, -0.15) is 8.42 Å². The molecule has 0 rings (SSSR count). The standard InChI is InChI=1S/2C18H35NO.C3H9N.CH4O4S/c2*1-2-3-4-5-6-7-8-9-10-11-12-13-14-15-16-17-18(19)20;1-3-4-2;1-5-6(2,3)4/h2*9-10H,2-8,11-17H2,1H3,(H2,19,20);4H,3H2,1-2H3;1H3,(H,2,3,4)/b2*10-9-;;. The molecular weight excluding hydrogens is 651 g/mol. The number of nitrogens with one attached hydrogen (secondary N) is 1. The van der Waals surface area contributed by atoms with E-state index in [9.17, 15) is 18.0 Å². The first kappa shape index (κ1) is 55.0. The van der Waals surface area contributed by atoms with E-state index in [1.165, 1.54) is 141 Å². The minimum absolute atomic E-state index is 0.164. The van der Waals surface area contributed by atoms with Crippen LogP contribution < -0.4 is 16.8 Å². The van der Waals surface area contributed by atoms with E-state index >= 15 is 0 Å². The van der Waals surface area contributed by atoms with Crippen molar-refractivity contribution in [3.8, 4) is 0 Å². The summed E-state index contributed by atoms with van der Waals surface area (Å²) in [5.41, 5.74) is 10.2. The summed E-state index contributed by atoms with van der Waals surface area (Å²) in [7, 11) is -1.36. The van der Waals surface area contributed by atoms with E-state index in [0.717, 1.165) is 39.3 Å². The number of amides is 2. The summed E-state index contributed by atoms with van der Waals surface area (Å²) in [5, 5.41) is 2.93. The zero-order valence-electron chi connectivity index (χ0n) is 33.4. The molecule has 0 radical (unpaired) electrons. The predicted octanol–water partition coefficient (Wildman–Crippen LogP) is 10.7. The van der Waals surface area contributed by atoms with Gasteiger partial charge in [0.1, 0.15) is 0 Å². The molecular formula is C40H83N3O6S. The van der Waals surface area contributed by atoms with Gasteiger partial charge in [0.25, 0.3) is 0 Å². The van der Waals surface area contributed by atoms with Gasteiger partial charge in [0.05, 0.1) is 7.11 Å². The van der Waals surface area contributed by atoms with Gasteiger partial charge >= 0.3 is 10.4 Å². The Balaban J connectivity index is -0.000000332. The fourth-order valence-electron chi connectivity index (χ4n) is 4.74. The highest BCUT2D eigenvalue weighted by Crippen LogP contribution is 2.11. The fourth-order valence-corrected chi connectivity index (χ4v) is 4.74. The molecule has 0 aromatic carbocycles. The monoisotopic (exact) mass is 734 g/mol. The molecule has 0 aromatic heterocycles. The van der Waals surface area contributed by atoms with Gasteiger partial charge in [0, 0.05) is 12.8 Å². The number of allylic oxidation sites excluding steroid dienone is 4. The van der Waals surface area contributed by atoms with Crippen LogP contribution in [-0.4, -0.2) is 45.5 Å². The lowest BCUT2D eigenvalue weighted by atomic mass is 10.1. The van der Waals surface area contributed by atoms with Crippen molar-refractivity contribution in [3.63, 3.8) is 0 Å². The number of primary amides is 2. The quantitative estimate of drug-likeness (QED) is 0.0304. The van der Waals surface area contributed by atoms with E-state index in [1.807, 2.05) is 7.05 Å². The molecule has 10 heteroatoms. The van der Waals surface area contributed by atoms with Crippen LogP contribution in [0.2, 0.25) is 0 Å². The third kappa shape index (κ3) is 72.1. The summed E-state index contributed by atoms with van der Waals surface area (Å²) < 4.78 is 29.7. The van der Waals surface area contributed by atoms with E-state index in [4.69, 9.17) is 16.0 Å². The fraction of sp³-hybridized carbons (Fsp3) is 0.850. The third-order valence-electron chi connectivity index (χ3n) is 7.93. The van der Waals surface area contributed by atoms with Crippen molar-refractivity contribution < 1.29 is 26.7 Å². The third-order valence-corrected chi connectivity index (χ3v) is 8.36. The molecule has 2 amide bonds. The largest absolute Gasteiger partial charge is 0.397 e. The number of nitrogens with two attached hydrogens (primary N) is 2. The van der Waals surface area contributed by atoms with Gasteiger partial charge in [0.15, 0.2) is 0 Å². The zero-order chi connectivity index (χ0) is 38.4. The molecule has 0 aliphatic rings. The maximum Gasteiger partial charge on any atom is 0.397 e. The van der Waals surface area contributed by atoms with Crippen LogP contribution in [0.25, 0.3) is 0 Å². The molecule has 0 atom stereocenters. The second kappa shape index (κ2) is 49.4. The van der Waals surface area contributed by atoms with Gasteiger partial charge in [-0.25, -0.2) is 0 Å². The molecule has 50 heavy (non-hydrogen) atoms. The Morgan fingerprint density at radius 3 is 0.960 bits per heavy atom. The molecule has 0 saturated carbocycles. The van der Waals surface area contributed by atoms with Crippen molar-refractivity contribution in [1.82, 2.24) is 5.32 Å². The van der Waals surface area contributed by atoms with E-state index < -0.39 is 10.4 Å². The van der Waals surface area contributed by atoms with Gasteiger partial charge in [0.2, 0.25) is 11.8 Å². The minimum atomic E-state index is -4.16. The van der Waals surface area contributed by atoms with E-state index in [1.54, 1.807) is 0 Å². The minimum Gasteiger partial charge on any atom is -0.370 e. The van der Waals surface area contributed by atoms with Crippen molar-refractivity contribution >= 4 is 22.2 Å². The van der Waals surface area contributed by atoms with Crippen molar-refractivity contribution in [2.75, 3.05) is 20.7 Å². The molecule has 6 N–H and O–H groups in total. The first-order chi connectivity index (χ1) is 24.0. The Hall–Kier alpha value is -1.75. The Bertz CT molecular complexity index is 783. The van der Waals surface area contributed by atoms with Crippen LogP contribution in [0.15, 0.2) is 24.3 Å². The highest BCUT2D eigenvalue weighted by molar-refractivity contribution is 7.80. The lowest BCUT2D eigenvalue weighted by Gasteiger charge is -1.99. The maximum absolute atomic E-state index is 10.5. The predicted molar refractivity (Wildman–Crippen MR) is 215 cm³/mol. The topological polar surface area (TPSA) is 162 Å². The SMILES string of the molecule is CCCCCCCC/C=C\CCCCCCCC(N)=O.CCCCCCCC/C=C\CCCCCCCC(N)=O.CCNC.COS(=O)(=O)O. The lowest BCUT2D eigenvalue weighted by Crippen LogP contribution is -2.09. The number of unbranched alkanes of at least 4 members (excludes halogenated alkanes) is 22. The smallest absolute Gasteiger partial charge is 0.370 e. The van der Waals surface area contributed by atoms with Crippen molar-refractivity contribution in [2.24, 2.45) is 11.5 Å². The van der Waals surface area contributed by atoms with Gasteiger partial charge in [-0.3, -0.25) is 18.3 Å². The molecule has 0 fully saturated rings. The number of hydrogen-bond donors (Lipinski definition) is 4. The van der Waals surface area contributed by atoms with Crippen LogP contribution in [0, 0.1) is 0 Å². The molecule has 0 spiro atoms. The summed E-state index contributed by atoms with van der Waals surface area (Å²) in [4.78, 5) is 21.1. The van der Waals surface area contributed by atoms with E-state index in [0.29, 0.717) is 12.8 Å². The van der Waals surface area contributed by atoms with Gasteiger partial charge in [-0.1, -0.05) is 148 Å². The maximum atomic E-state index is 10.5. The Morgan fingerprint density at radius 1 is 0.540 bits per heavy atom. The number of hydrogen-bond acceptors (Lipinski definition) is 6. The molecule has 0 bridgehead atoms. The van der Waals surface area contributed by atoms with Crippen LogP contribution >= 0.6 is 0 Å². The highest BCUT2D eigenvalue weighted by Gasteiger charge is 1.96. The number of carbonyl (C=O) groups excluding carboxylic acids is 2. The Morgan fingerprint density at radius 2 is 0.760 bits per heavy atom. The van der Waals surface area contributed by atoms with Gasteiger partial charge in [-0.05, 0) is 77.8 Å². The first-order valence-electron chi connectivity index (χ1n) is 20.1. The molecule has 0 aliphatic carbocycles. The Labute approximate surface area is 310 Å². The average Bonchev–Trinajstić information content (AvgIpc) is 3.08. The molecule has 0 aliphatic heterocycles. The van der Waals surface area contributed by atoms with Gasteiger partial charge in [-0.15, -0.1) is 0 Å². The van der Waals surface area contributed by atoms with E-state index in [-0.39, 0.29) is 11.8 Å². The van der Waals surface area contributed by atoms with Crippen LogP contribution in [0.1, 0.15) is 201 Å². The zero-order valence-corrected chi connectivity index (χ0v) is 34.2. The van der Waals surface area contributed by atoms with Gasteiger partial charge < -0.3 is 16.8 Å². The van der Waals surface area contributed by atoms with Crippen LogP contribution in [0.4, 0.5) is 0 Å². The molecule has 9 nitrogen and oxygen atoms in total. The van der Waals surface area contributed by atoms with Crippen molar-refractivity contribution in [1.29, 1.82) is 0 Å². The van der Waals surface area contributed by atoms with Crippen LogP contribution in [0.3, 0.4) is 0 Å². The number of carbonyl (C=O) groups is 2. The molecule has 300 valence electrons. The van der Waals surface area contributed by atoms with Crippen molar-refractivity contribution in [3.05, 3.63) is 24.3 Å². The van der Waals surface area contributed by atoms with Crippen molar-refractivity contribution in [2.45, 2.75) is 201 Å². The summed E-state index contributed by atoms with van der Waals surface area (Å²) in [5.74, 6) is -0.328. The summed E-state index contributed by atoms with van der Waals surface area (Å²) in [6.07, 6.45) is 43.8. The highest BCUT2D eigenvalue weighted by atomic mass is 32.3. The second-order valence-electron chi connectivity index (χ2n) is 12.9. The van der Waals surface area contributed by atoms with Crippen LogP contribution in [0.5, 0.6) is 0 Å². The number of rotatable bonds is 32. The Kier molecular flexibility index (Phi) is 54.3. The average molecular weight is 734 g/mol. The van der Waals surface area contributed by atoms with Crippen LogP contribution in [-0.2, 0) is 24.2 Å². The summed E-state index contributed by atoms with van der Waals surface area (Å²) in [6, 6.07) is 0. The molecule has 0 aromatic rings.